The summed E-state index contributed by atoms with van der Waals surface area (Å²) < 4.78 is 5.01. The minimum absolute atomic E-state index is 0.130. The maximum atomic E-state index is 9.60. The van der Waals surface area contributed by atoms with E-state index in [-0.39, 0.29) is 6.10 Å². The van der Waals surface area contributed by atoms with Crippen molar-refractivity contribution in [2.75, 3.05) is 40.4 Å². The predicted octanol–water partition coefficient (Wildman–Crippen LogP) is 0.0676. The Kier molecular flexibility index (Phi) is 6.17. The van der Waals surface area contributed by atoms with Gasteiger partial charge in [-0.2, -0.15) is 0 Å². The van der Waals surface area contributed by atoms with Gasteiger partial charge in [-0.05, 0) is 26.3 Å². The topological polar surface area (TPSA) is 44.7 Å². The summed E-state index contributed by atoms with van der Waals surface area (Å²) in [6, 6.07) is 0.320. The lowest BCUT2D eigenvalue weighted by molar-refractivity contribution is 0.142. The van der Waals surface area contributed by atoms with Crippen LogP contribution in [0.5, 0.6) is 0 Å². The van der Waals surface area contributed by atoms with Crippen LogP contribution in [0.25, 0.3) is 0 Å². The van der Waals surface area contributed by atoms with E-state index in [1.54, 1.807) is 7.11 Å². The highest BCUT2D eigenvalue weighted by atomic mass is 16.5. The van der Waals surface area contributed by atoms with Gasteiger partial charge >= 0.3 is 0 Å². The molecule has 0 aliphatic heterocycles. The zero-order chi connectivity index (χ0) is 11.1. The zero-order valence-corrected chi connectivity index (χ0v) is 9.91. The standard InChI is InChI=1S/C11H24N2O2/c1-13(8-9-15-2)7-6-12-10-4-3-5-11(10)14/h10-12,14H,3-9H2,1-2H3/t10-,11-/m1/s1. The van der Waals surface area contributed by atoms with Crippen LogP contribution in [0.15, 0.2) is 0 Å². The molecule has 90 valence electrons. The first-order valence-corrected chi connectivity index (χ1v) is 5.83. The highest BCUT2D eigenvalue weighted by molar-refractivity contribution is 4.82. The molecule has 1 fully saturated rings. The number of rotatable bonds is 7. The van der Waals surface area contributed by atoms with E-state index < -0.39 is 0 Å². The van der Waals surface area contributed by atoms with Crippen molar-refractivity contribution in [3.8, 4) is 0 Å². The summed E-state index contributed by atoms with van der Waals surface area (Å²) in [5.41, 5.74) is 0. The van der Waals surface area contributed by atoms with Crippen molar-refractivity contribution >= 4 is 0 Å². The quantitative estimate of drug-likeness (QED) is 0.632. The van der Waals surface area contributed by atoms with Gasteiger partial charge in [0.05, 0.1) is 12.7 Å². The third kappa shape index (κ3) is 4.93. The molecule has 0 spiro atoms. The maximum Gasteiger partial charge on any atom is 0.0693 e. The molecule has 2 N–H and O–H groups in total. The molecule has 4 nitrogen and oxygen atoms in total. The molecule has 0 aromatic heterocycles. The Morgan fingerprint density at radius 1 is 1.40 bits per heavy atom. The normalized spacial score (nSPS) is 26.4. The molecule has 15 heavy (non-hydrogen) atoms. The van der Waals surface area contributed by atoms with E-state index in [2.05, 4.69) is 17.3 Å². The fraction of sp³-hybridized carbons (Fsp3) is 1.00. The molecule has 1 aliphatic carbocycles. The number of nitrogens with zero attached hydrogens (tertiary/aromatic N) is 1. The molecule has 0 saturated heterocycles. The Labute approximate surface area is 92.6 Å². The van der Waals surface area contributed by atoms with Crippen molar-refractivity contribution in [3.63, 3.8) is 0 Å². The maximum absolute atomic E-state index is 9.60. The molecule has 2 atom stereocenters. The van der Waals surface area contributed by atoms with Crippen molar-refractivity contribution in [1.29, 1.82) is 0 Å². The summed E-state index contributed by atoms with van der Waals surface area (Å²) >= 11 is 0. The van der Waals surface area contributed by atoms with Crippen molar-refractivity contribution < 1.29 is 9.84 Å². The number of likely N-dealkylation sites (N-methyl/N-ethyl adjacent to an activating group) is 1. The summed E-state index contributed by atoms with van der Waals surface area (Å²) in [4.78, 5) is 2.23. The van der Waals surface area contributed by atoms with Gasteiger partial charge in [0.15, 0.2) is 0 Å². The Balaban J connectivity index is 2.00. The molecule has 0 unspecified atom stereocenters. The van der Waals surface area contributed by atoms with E-state index >= 15 is 0 Å². The predicted molar refractivity (Wildman–Crippen MR) is 61.0 cm³/mol. The molecule has 0 aromatic rings. The van der Waals surface area contributed by atoms with Gasteiger partial charge in [-0.3, -0.25) is 0 Å². The second-order valence-electron chi connectivity index (χ2n) is 4.35. The van der Waals surface area contributed by atoms with Crippen LogP contribution in [0.1, 0.15) is 19.3 Å². The van der Waals surface area contributed by atoms with E-state index in [1.165, 1.54) is 0 Å². The van der Waals surface area contributed by atoms with Crippen LogP contribution in [0.3, 0.4) is 0 Å². The SMILES string of the molecule is COCCN(C)CCN[C@@H]1CCC[C@H]1O. The molecule has 0 heterocycles. The highest BCUT2D eigenvalue weighted by Gasteiger charge is 2.23. The number of methoxy groups -OCH3 is 1. The summed E-state index contributed by atoms with van der Waals surface area (Å²) in [5.74, 6) is 0. The van der Waals surface area contributed by atoms with Crippen LogP contribution in [0.2, 0.25) is 0 Å². The lowest BCUT2D eigenvalue weighted by Gasteiger charge is -2.20. The zero-order valence-electron chi connectivity index (χ0n) is 9.91. The fourth-order valence-electron chi connectivity index (χ4n) is 1.98. The molecule has 0 radical (unpaired) electrons. The molecule has 1 rings (SSSR count). The Hall–Kier alpha value is -0.160. The third-order valence-corrected chi connectivity index (χ3v) is 3.06. The average molecular weight is 216 g/mol. The van der Waals surface area contributed by atoms with Crippen LogP contribution in [0, 0.1) is 0 Å². The van der Waals surface area contributed by atoms with Crippen LogP contribution < -0.4 is 5.32 Å². The summed E-state index contributed by atoms with van der Waals surface area (Å²) in [7, 11) is 3.81. The van der Waals surface area contributed by atoms with Gasteiger partial charge in [0.2, 0.25) is 0 Å². The molecule has 4 heteroatoms. The molecular weight excluding hydrogens is 192 g/mol. The minimum atomic E-state index is -0.130. The van der Waals surface area contributed by atoms with Crippen LogP contribution in [-0.4, -0.2) is 62.6 Å². The van der Waals surface area contributed by atoms with Gasteiger partial charge in [0.1, 0.15) is 0 Å². The van der Waals surface area contributed by atoms with E-state index in [1.807, 2.05) is 0 Å². The van der Waals surface area contributed by atoms with Gasteiger partial charge in [-0.15, -0.1) is 0 Å². The molecule has 0 amide bonds. The summed E-state index contributed by atoms with van der Waals surface area (Å²) in [5, 5.41) is 13.0. The largest absolute Gasteiger partial charge is 0.392 e. The second kappa shape index (κ2) is 7.17. The second-order valence-corrected chi connectivity index (χ2v) is 4.35. The average Bonchev–Trinajstić information content (AvgIpc) is 2.61. The molecule has 1 aliphatic rings. The van der Waals surface area contributed by atoms with Gasteiger partial charge in [0, 0.05) is 32.8 Å². The number of hydrogen-bond donors (Lipinski definition) is 2. The Bertz CT molecular complexity index is 167. The monoisotopic (exact) mass is 216 g/mol. The van der Waals surface area contributed by atoms with Gasteiger partial charge in [-0.25, -0.2) is 0 Å². The van der Waals surface area contributed by atoms with Crippen LogP contribution in [-0.2, 0) is 4.74 Å². The number of aliphatic hydroxyl groups is 1. The van der Waals surface area contributed by atoms with Crippen molar-refractivity contribution in [3.05, 3.63) is 0 Å². The lowest BCUT2D eigenvalue weighted by Crippen LogP contribution is -2.40. The van der Waals surface area contributed by atoms with Gasteiger partial charge in [0.25, 0.3) is 0 Å². The minimum Gasteiger partial charge on any atom is -0.392 e. The van der Waals surface area contributed by atoms with E-state index in [0.717, 1.165) is 45.5 Å². The van der Waals surface area contributed by atoms with Crippen LogP contribution in [0.4, 0.5) is 0 Å². The Morgan fingerprint density at radius 2 is 2.20 bits per heavy atom. The van der Waals surface area contributed by atoms with Gasteiger partial charge in [-0.1, -0.05) is 0 Å². The highest BCUT2D eigenvalue weighted by Crippen LogP contribution is 2.18. The summed E-state index contributed by atoms with van der Waals surface area (Å²) in [6.45, 7) is 3.70. The number of aliphatic hydroxyl groups excluding tert-OH is 1. The Morgan fingerprint density at radius 3 is 2.80 bits per heavy atom. The van der Waals surface area contributed by atoms with Crippen LogP contribution >= 0.6 is 0 Å². The van der Waals surface area contributed by atoms with E-state index in [4.69, 9.17) is 4.74 Å². The number of hydrogen-bond acceptors (Lipinski definition) is 4. The summed E-state index contributed by atoms with van der Waals surface area (Å²) in [6.07, 6.45) is 3.09. The first-order chi connectivity index (χ1) is 7.24. The van der Waals surface area contributed by atoms with Crippen molar-refractivity contribution in [2.45, 2.75) is 31.4 Å². The first kappa shape index (κ1) is 12.9. The number of ether oxygens (including phenoxy) is 1. The molecule has 0 bridgehead atoms. The smallest absolute Gasteiger partial charge is 0.0693 e. The van der Waals surface area contributed by atoms with Gasteiger partial charge < -0.3 is 20.1 Å². The number of nitrogens with one attached hydrogen (secondary N) is 1. The van der Waals surface area contributed by atoms with Crippen molar-refractivity contribution in [1.82, 2.24) is 10.2 Å². The first-order valence-electron chi connectivity index (χ1n) is 5.83. The molecular formula is C11H24N2O2. The van der Waals surface area contributed by atoms with E-state index in [9.17, 15) is 5.11 Å². The van der Waals surface area contributed by atoms with E-state index in [0.29, 0.717) is 6.04 Å². The fourth-order valence-corrected chi connectivity index (χ4v) is 1.98. The molecule has 0 aromatic carbocycles. The lowest BCUT2D eigenvalue weighted by atomic mass is 10.2. The third-order valence-electron chi connectivity index (χ3n) is 3.06. The molecule has 1 saturated carbocycles. The van der Waals surface area contributed by atoms with Crippen molar-refractivity contribution in [2.24, 2.45) is 0 Å².